The second-order valence-electron chi connectivity index (χ2n) is 9.28. The molecular weight excluding hydrogens is 366 g/mol. The van der Waals surface area contributed by atoms with Crippen LogP contribution in [-0.2, 0) is 15.0 Å². The fourth-order valence-electron chi connectivity index (χ4n) is 5.07. The van der Waals surface area contributed by atoms with E-state index in [9.17, 15) is 14.4 Å². The van der Waals surface area contributed by atoms with Crippen LogP contribution in [0.3, 0.4) is 0 Å². The van der Waals surface area contributed by atoms with Gasteiger partial charge in [-0.25, -0.2) is 0 Å². The number of rotatable bonds is 4. The maximum absolute atomic E-state index is 13.2. The zero-order valence-corrected chi connectivity index (χ0v) is 17.1. The van der Waals surface area contributed by atoms with Gasteiger partial charge in [0.1, 0.15) is 0 Å². The standard InChI is InChI=1S/C23H29N3O3/c1-25-19-8-7-17(20(27)24-14-15-5-6-15)13-18(19)23(22(25)29)9-11-26(12-10-23)21(28)16-3-2-4-16/h7-8,13,15-16H,2-6,9-12,14H2,1H3,(H,24,27). The number of fused-ring (bicyclic) bond motifs is 2. The van der Waals surface area contributed by atoms with E-state index in [0.29, 0.717) is 37.4 Å². The lowest BCUT2D eigenvalue weighted by atomic mass is 9.72. The van der Waals surface area contributed by atoms with Crippen molar-refractivity contribution in [3.63, 3.8) is 0 Å². The van der Waals surface area contributed by atoms with E-state index in [-0.39, 0.29) is 23.6 Å². The number of hydrogen-bond donors (Lipinski definition) is 1. The maximum Gasteiger partial charge on any atom is 0.251 e. The number of likely N-dealkylation sites (N-methyl/N-ethyl adjacent to an activating group) is 1. The van der Waals surface area contributed by atoms with Crippen LogP contribution in [0.15, 0.2) is 18.2 Å². The van der Waals surface area contributed by atoms with Crippen molar-refractivity contribution >= 4 is 23.4 Å². The Bertz CT molecular complexity index is 864. The van der Waals surface area contributed by atoms with Crippen LogP contribution < -0.4 is 10.2 Å². The predicted molar refractivity (Wildman–Crippen MR) is 110 cm³/mol. The molecule has 0 aromatic heterocycles. The van der Waals surface area contributed by atoms with E-state index in [1.165, 1.54) is 12.8 Å². The summed E-state index contributed by atoms with van der Waals surface area (Å²) < 4.78 is 0. The van der Waals surface area contributed by atoms with Crippen LogP contribution >= 0.6 is 0 Å². The number of nitrogens with zero attached hydrogens (tertiary/aromatic N) is 2. The molecule has 154 valence electrons. The number of amides is 3. The van der Waals surface area contributed by atoms with Crippen molar-refractivity contribution in [3.8, 4) is 0 Å². The fraction of sp³-hybridized carbons (Fsp3) is 0.609. The molecule has 6 nitrogen and oxygen atoms in total. The second-order valence-corrected chi connectivity index (χ2v) is 9.28. The van der Waals surface area contributed by atoms with Crippen molar-refractivity contribution in [1.82, 2.24) is 10.2 Å². The topological polar surface area (TPSA) is 69.7 Å². The minimum atomic E-state index is -0.604. The lowest BCUT2D eigenvalue weighted by molar-refractivity contribution is -0.141. The molecule has 3 amide bonds. The lowest BCUT2D eigenvalue weighted by Gasteiger charge is -2.40. The molecule has 2 aliphatic heterocycles. The molecule has 5 rings (SSSR count). The van der Waals surface area contributed by atoms with Crippen molar-refractivity contribution in [2.45, 2.75) is 50.4 Å². The van der Waals surface area contributed by atoms with E-state index in [0.717, 1.165) is 37.1 Å². The molecule has 6 heteroatoms. The van der Waals surface area contributed by atoms with Gasteiger partial charge in [0, 0.05) is 43.9 Å². The molecule has 0 atom stereocenters. The largest absolute Gasteiger partial charge is 0.352 e. The van der Waals surface area contributed by atoms with Crippen LogP contribution in [0, 0.1) is 11.8 Å². The normalized spacial score (nSPS) is 23.1. The molecular formula is C23H29N3O3. The van der Waals surface area contributed by atoms with Crippen molar-refractivity contribution in [2.75, 3.05) is 31.6 Å². The number of likely N-dealkylation sites (tertiary alicyclic amines) is 1. The van der Waals surface area contributed by atoms with Crippen LogP contribution in [0.5, 0.6) is 0 Å². The zero-order valence-electron chi connectivity index (χ0n) is 17.1. The van der Waals surface area contributed by atoms with Crippen LogP contribution in [0.1, 0.15) is 60.9 Å². The summed E-state index contributed by atoms with van der Waals surface area (Å²) in [6.07, 6.45) is 6.82. The third-order valence-electron chi connectivity index (χ3n) is 7.48. The molecule has 1 aromatic carbocycles. The lowest BCUT2D eigenvalue weighted by Crippen LogP contribution is -2.51. The fourth-order valence-corrected chi connectivity index (χ4v) is 5.07. The monoisotopic (exact) mass is 395 g/mol. The number of nitrogens with one attached hydrogen (secondary N) is 1. The third-order valence-corrected chi connectivity index (χ3v) is 7.48. The van der Waals surface area contributed by atoms with E-state index in [1.807, 2.05) is 30.1 Å². The first-order valence-corrected chi connectivity index (χ1v) is 11.0. The molecule has 4 aliphatic rings. The molecule has 29 heavy (non-hydrogen) atoms. The average molecular weight is 396 g/mol. The molecule has 1 spiro atoms. The maximum atomic E-state index is 13.2. The molecule has 2 saturated carbocycles. The zero-order chi connectivity index (χ0) is 20.2. The van der Waals surface area contributed by atoms with Gasteiger partial charge in [0.15, 0.2) is 0 Å². The summed E-state index contributed by atoms with van der Waals surface area (Å²) in [4.78, 5) is 42.2. The van der Waals surface area contributed by atoms with E-state index >= 15 is 0 Å². The van der Waals surface area contributed by atoms with Crippen molar-refractivity contribution in [1.29, 1.82) is 0 Å². The highest BCUT2D eigenvalue weighted by molar-refractivity contribution is 6.09. The summed E-state index contributed by atoms with van der Waals surface area (Å²) >= 11 is 0. The van der Waals surface area contributed by atoms with E-state index in [4.69, 9.17) is 0 Å². The SMILES string of the molecule is CN1C(=O)C2(CCN(C(=O)C3CCC3)CC2)c2cc(C(=O)NCC3CC3)ccc21. The first-order valence-electron chi connectivity index (χ1n) is 11.0. The molecule has 3 fully saturated rings. The Balaban J connectivity index is 1.37. The van der Waals surface area contributed by atoms with Crippen LogP contribution in [0.4, 0.5) is 5.69 Å². The minimum absolute atomic E-state index is 0.0607. The van der Waals surface area contributed by atoms with Gasteiger partial charge in [-0.1, -0.05) is 6.42 Å². The number of carbonyl (C=O) groups excluding carboxylic acids is 3. The molecule has 2 aliphatic carbocycles. The average Bonchev–Trinajstić information content (AvgIpc) is 3.51. The Morgan fingerprint density at radius 1 is 1.14 bits per heavy atom. The molecule has 0 unspecified atom stereocenters. The molecule has 1 N–H and O–H groups in total. The number of anilines is 1. The Hall–Kier alpha value is -2.37. The highest BCUT2D eigenvalue weighted by atomic mass is 16.2. The first kappa shape index (κ1) is 18.6. The molecule has 1 saturated heterocycles. The summed E-state index contributed by atoms with van der Waals surface area (Å²) in [5.41, 5.74) is 1.87. The van der Waals surface area contributed by atoms with Crippen LogP contribution in [0.2, 0.25) is 0 Å². The summed E-state index contributed by atoms with van der Waals surface area (Å²) in [6, 6.07) is 5.64. The minimum Gasteiger partial charge on any atom is -0.352 e. The summed E-state index contributed by atoms with van der Waals surface area (Å²) in [6.45, 7) is 1.97. The van der Waals surface area contributed by atoms with Gasteiger partial charge in [0.05, 0.1) is 5.41 Å². The Labute approximate surface area is 171 Å². The van der Waals surface area contributed by atoms with E-state index in [2.05, 4.69) is 5.32 Å². The van der Waals surface area contributed by atoms with Gasteiger partial charge in [-0.2, -0.15) is 0 Å². The summed E-state index contributed by atoms with van der Waals surface area (Å²) in [5.74, 6) is 1.12. The smallest absolute Gasteiger partial charge is 0.251 e. The third kappa shape index (κ3) is 3.04. The number of benzene rings is 1. The highest BCUT2D eigenvalue weighted by Gasteiger charge is 2.52. The molecule has 0 radical (unpaired) electrons. The van der Waals surface area contributed by atoms with Gasteiger partial charge in [-0.15, -0.1) is 0 Å². The van der Waals surface area contributed by atoms with Gasteiger partial charge in [-0.3, -0.25) is 14.4 Å². The summed E-state index contributed by atoms with van der Waals surface area (Å²) in [5, 5.41) is 3.02. The number of hydrogen-bond acceptors (Lipinski definition) is 3. The quantitative estimate of drug-likeness (QED) is 0.851. The van der Waals surface area contributed by atoms with Crippen molar-refractivity contribution in [2.24, 2.45) is 11.8 Å². The van der Waals surface area contributed by atoms with Gasteiger partial charge in [-0.05, 0) is 68.2 Å². The van der Waals surface area contributed by atoms with Gasteiger partial charge in [0.25, 0.3) is 5.91 Å². The second kappa shape index (κ2) is 6.85. The molecule has 0 bridgehead atoms. The molecule has 1 aromatic rings. The van der Waals surface area contributed by atoms with E-state index < -0.39 is 5.41 Å². The van der Waals surface area contributed by atoms with Crippen LogP contribution in [0.25, 0.3) is 0 Å². The van der Waals surface area contributed by atoms with Crippen molar-refractivity contribution < 1.29 is 14.4 Å². The summed E-state index contributed by atoms with van der Waals surface area (Å²) in [7, 11) is 1.81. The Kier molecular flexibility index (Phi) is 4.41. The van der Waals surface area contributed by atoms with Gasteiger partial charge >= 0.3 is 0 Å². The molecule has 2 heterocycles. The van der Waals surface area contributed by atoms with Gasteiger partial charge in [0.2, 0.25) is 11.8 Å². The number of carbonyl (C=O) groups is 3. The Morgan fingerprint density at radius 3 is 2.48 bits per heavy atom. The number of piperidine rings is 1. The van der Waals surface area contributed by atoms with Gasteiger partial charge < -0.3 is 15.1 Å². The van der Waals surface area contributed by atoms with Crippen LogP contribution in [-0.4, -0.2) is 49.3 Å². The predicted octanol–water partition coefficient (Wildman–Crippen LogP) is 2.46. The first-order chi connectivity index (χ1) is 14.0. The highest BCUT2D eigenvalue weighted by Crippen LogP contribution is 2.48. The van der Waals surface area contributed by atoms with E-state index in [1.54, 1.807) is 4.90 Å². The Morgan fingerprint density at radius 2 is 1.86 bits per heavy atom. The van der Waals surface area contributed by atoms with Crippen molar-refractivity contribution in [3.05, 3.63) is 29.3 Å².